The van der Waals surface area contributed by atoms with Gasteiger partial charge in [-0.05, 0) is 44.9 Å². The summed E-state index contributed by atoms with van der Waals surface area (Å²) < 4.78 is 10.6. The Morgan fingerprint density at radius 1 is 1.57 bits per heavy atom. The van der Waals surface area contributed by atoms with Gasteiger partial charge < -0.3 is 14.3 Å². The largest absolute Gasteiger partial charge is 0.467 e. The molecule has 0 spiro atoms. The van der Waals surface area contributed by atoms with Crippen molar-refractivity contribution in [1.82, 2.24) is 9.88 Å². The molecular weight excluding hydrogens is 312 g/mol. The van der Waals surface area contributed by atoms with Crippen LogP contribution in [0.25, 0.3) is 0 Å². The SMILES string of the molecule is COC(C)c1nc(CN2CCCC2CC(O)c2ccco2)cs1. The maximum atomic E-state index is 10.3. The number of rotatable bonds is 7. The molecule has 0 bridgehead atoms. The first-order chi connectivity index (χ1) is 11.2. The topological polar surface area (TPSA) is 58.7 Å². The molecule has 3 rings (SSSR count). The predicted molar refractivity (Wildman–Crippen MR) is 89.3 cm³/mol. The lowest BCUT2D eigenvalue weighted by Gasteiger charge is -2.25. The first kappa shape index (κ1) is 16.6. The van der Waals surface area contributed by atoms with Crippen molar-refractivity contribution >= 4 is 11.3 Å². The van der Waals surface area contributed by atoms with E-state index in [1.165, 1.54) is 6.42 Å². The number of ether oxygens (including phenoxy) is 1. The lowest BCUT2D eigenvalue weighted by atomic mass is 10.1. The van der Waals surface area contributed by atoms with E-state index in [2.05, 4.69) is 15.3 Å². The molecule has 5 nitrogen and oxygen atoms in total. The van der Waals surface area contributed by atoms with Gasteiger partial charge in [-0.1, -0.05) is 0 Å². The third-order valence-corrected chi connectivity index (χ3v) is 5.56. The molecule has 0 aromatic carbocycles. The molecule has 1 fully saturated rings. The molecule has 2 aromatic heterocycles. The van der Waals surface area contributed by atoms with E-state index in [0.717, 1.165) is 30.2 Å². The van der Waals surface area contributed by atoms with Gasteiger partial charge in [0, 0.05) is 25.1 Å². The highest BCUT2D eigenvalue weighted by Gasteiger charge is 2.28. The number of nitrogens with zero attached hydrogens (tertiary/aromatic N) is 2. The Balaban J connectivity index is 1.59. The van der Waals surface area contributed by atoms with Crippen molar-refractivity contribution in [3.8, 4) is 0 Å². The summed E-state index contributed by atoms with van der Waals surface area (Å²) in [7, 11) is 1.71. The molecule has 0 radical (unpaired) electrons. The van der Waals surface area contributed by atoms with Gasteiger partial charge in [-0.3, -0.25) is 4.90 Å². The number of thiazole rings is 1. The van der Waals surface area contributed by atoms with Gasteiger partial charge in [0.1, 0.15) is 23.0 Å². The van der Waals surface area contributed by atoms with Crippen LogP contribution in [0.5, 0.6) is 0 Å². The van der Waals surface area contributed by atoms with Crippen LogP contribution in [0, 0.1) is 0 Å². The van der Waals surface area contributed by atoms with Crippen molar-refractivity contribution in [3.05, 3.63) is 40.2 Å². The maximum absolute atomic E-state index is 10.3. The van der Waals surface area contributed by atoms with Crippen LogP contribution in [0.4, 0.5) is 0 Å². The highest BCUT2D eigenvalue weighted by Crippen LogP contribution is 2.29. The Labute approximate surface area is 140 Å². The van der Waals surface area contributed by atoms with Gasteiger partial charge >= 0.3 is 0 Å². The Morgan fingerprint density at radius 2 is 2.43 bits per heavy atom. The van der Waals surface area contributed by atoms with Crippen LogP contribution in [-0.4, -0.2) is 34.7 Å². The summed E-state index contributed by atoms with van der Waals surface area (Å²) >= 11 is 1.65. The highest BCUT2D eigenvalue weighted by atomic mass is 32.1. The summed E-state index contributed by atoms with van der Waals surface area (Å²) in [6.45, 7) is 3.91. The normalized spacial score (nSPS) is 21.6. The van der Waals surface area contributed by atoms with Crippen LogP contribution in [-0.2, 0) is 11.3 Å². The standard InChI is InChI=1S/C17H24N2O3S/c1-12(21-2)17-18-13(11-23-17)10-19-7-3-5-14(19)9-15(20)16-6-4-8-22-16/h4,6,8,11-12,14-15,20H,3,5,7,9-10H2,1-2H3. The van der Waals surface area contributed by atoms with Crippen molar-refractivity contribution in [1.29, 1.82) is 0 Å². The van der Waals surface area contributed by atoms with Crippen LogP contribution in [0.3, 0.4) is 0 Å². The fourth-order valence-corrected chi connectivity index (χ4v) is 3.96. The van der Waals surface area contributed by atoms with E-state index >= 15 is 0 Å². The fraction of sp³-hybridized carbons (Fsp3) is 0.588. The van der Waals surface area contributed by atoms with Crippen LogP contribution in [0.15, 0.2) is 28.2 Å². The number of furan rings is 1. The fourth-order valence-electron chi connectivity index (χ4n) is 3.12. The molecule has 0 aliphatic carbocycles. The Morgan fingerprint density at radius 3 is 3.17 bits per heavy atom. The third kappa shape index (κ3) is 4.01. The molecule has 23 heavy (non-hydrogen) atoms. The van der Waals surface area contributed by atoms with Crippen molar-refractivity contribution in [2.24, 2.45) is 0 Å². The zero-order chi connectivity index (χ0) is 16.2. The average molecular weight is 336 g/mol. The minimum atomic E-state index is -0.532. The van der Waals surface area contributed by atoms with Gasteiger partial charge in [-0.25, -0.2) is 4.98 Å². The molecular formula is C17H24N2O3S. The highest BCUT2D eigenvalue weighted by molar-refractivity contribution is 7.09. The summed E-state index contributed by atoms with van der Waals surface area (Å²) in [6, 6.07) is 4.03. The van der Waals surface area contributed by atoms with Crippen molar-refractivity contribution in [3.63, 3.8) is 0 Å². The predicted octanol–water partition coefficient (Wildman–Crippen LogP) is 3.53. The van der Waals surface area contributed by atoms with Gasteiger partial charge in [0.15, 0.2) is 0 Å². The monoisotopic (exact) mass is 336 g/mol. The smallest absolute Gasteiger partial charge is 0.132 e. The first-order valence-electron chi connectivity index (χ1n) is 8.10. The molecule has 1 aliphatic heterocycles. The van der Waals surface area contributed by atoms with Crippen molar-refractivity contribution in [2.45, 2.75) is 51.0 Å². The number of aliphatic hydroxyl groups excluding tert-OH is 1. The third-order valence-electron chi connectivity index (χ3n) is 4.50. The van der Waals surface area contributed by atoms with E-state index in [1.807, 2.05) is 19.1 Å². The lowest BCUT2D eigenvalue weighted by Crippen LogP contribution is -2.30. The Bertz CT molecular complexity index is 599. The minimum Gasteiger partial charge on any atom is -0.467 e. The molecule has 126 valence electrons. The molecule has 3 unspecified atom stereocenters. The first-order valence-corrected chi connectivity index (χ1v) is 8.98. The maximum Gasteiger partial charge on any atom is 0.132 e. The van der Waals surface area contributed by atoms with Gasteiger partial charge in [0.25, 0.3) is 0 Å². The number of methoxy groups -OCH3 is 1. The van der Waals surface area contributed by atoms with Gasteiger partial charge in [-0.15, -0.1) is 11.3 Å². The summed E-state index contributed by atoms with van der Waals surface area (Å²) in [5.74, 6) is 0.654. The summed E-state index contributed by atoms with van der Waals surface area (Å²) in [5.41, 5.74) is 1.09. The second kappa shape index (κ2) is 7.57. The second-order valence-electron chi connectivity index (χ2n) is 6.09. The van der Waals surface area contributed by atoms with E-state index < -0.39 is 6.10 Å². The van der Waals surface area contributed by atoms with Crippen LogP contribution < -0.4 is 0 Å². The number of likely N-dealkylation sites (tertiary alicyclic amines) is 1. The zero-order valence-electron chi connectivity index (χ0n) is 13.6. The molecule has 6 heteroatoms. The molecule has 1 N–H and O–H groups in total. The molecule has 2 aromatic rings. The minimum absolute atomic E-state index is 0.0453. The van der Waals surface area contributed by atoms with E-state index in [0.29, 0.717) is 18.2 Å². The number of hydrogen-bond acceptors (Lipinski definition) is 6. The lowest BCUT2D eigenvalue weighted by molar-refractivity contribution is 0.0989. The molecule has 1 aliphatic rings. The van der Waals surface area contributed by atoms with E-state index in [9.17, 15) is 5.11 Å². The Kier molecular flexibility index (Phi) is 5.48. The molecule has 1 saturated heterocycles. The van der Waals surface area contributed by atoms with E-state index in [1.54, 1.807) is 24.7 Å². The molecule has 3 heterocycles. The number of aromatic nitrogens is 1. The van der Waals surface area contributed by atoms with Crippen molar-refractivity contribution < 1.29 is 14.3 Å². The molecule has 3 atom stereocenters. The zero-order valence-corrected chi connectivity index (χ0v) is 14.5. The van der Waals surface area contributed by atoms with E-state index in [-0.39, 0.29) is 6.10 Å². The molecule has 0 amide bonds. The summed E-state index contributed by atoms with van der Waals surface area (Å²) in [6.07, 6.45) is 4.11. The van der Waals surface area contributed by atoms with Gasteiger partial charge in [0.2, 0.25) is 0 Å². The van der Waals surface area contributed by atoms with Crippen LogP contribution in [0.2, 0.25) is 0 Å². The van der Waals surface area contributed by atoms with Crippen LogP contribution in [0.1, 0.15) is 54.9 Å². The van der Waals surface area contributed by atoms with Gasteiger partial charge in [-0.2, -0.15) is 0 Å². The summed E-state index contributed by atoms with van der Waals surface area (Å²) in [4.78, 5) is 7.10. The average Bonchev–Trinajstić information content (AvgIpc) is 3.28. The van der Waals surface area contributed by atoms with Crippen molar-refractivity contribution in [2.75, 3.05) is 13.7 Å². The quantitative estimate of drug-likeness (QED) is 0.838. The van der Waals surface area contributed by atoms with E-state index in [4.69, 9.17) is 9.15 Å². The van der Waals surface area contributed by atoms with Gasteiger partial charge in [0.05, 0.1) is 12.0 Å². The Hall–Kier alpha value is -1.21. The molecule has 0 saturated carbocycles. The summed E-state index contributed by atoms with van der Waals surface area (Å²) in [5, 5.41) is 13.4. The number of aliphatic hydroxyl groups is 1. The number of hydrogen-bond donors (Lipinski definition) is 1. The van der Waals surface area contributed by atoms with Crippen LogP contribution >= 0.6 is 11.3 Å². The second-order valence-corrected chi connectivity index (χ2v) is 6.98.